The van der Waals surface area contributed by atoms with Crippen LogP contribution in [-0.4, -0.2) is 10.5 Å². The van der Waals surface area contributed by atoms with E-state index in [1.54, 1.807) is 0 Å². The molecule has 1 fully saturated rings. The van der Waals surface area contributed by atoms with Crippen LogP contribution >= 0.6 is 0 Å². The first-order chi connectivity index (χ1) is 9.59. The molecule has 0 radical (unpaired) electrons. The molecule has 2 aromatic rings. The fourth-order valence-corrected chi connectivity index (χ4v) is 3.71. The minimum atomic E-state index is -0.294. The average Bonchev–Trinajstić information content (AvgIpc) is 3.00. The highest BCUT2D eigenvalue weighted by Gasteiger charge is 2.24. The average molecular weight is 270 g/mol. The van der Waals surface area contributed by atoms with Crippen molar-refractivity contribution in [2.24, 2.45) is 18.7 Å². The maximum Gasteiger partial charge on any atom is 0.251 e. The molecule has 3 heteroatoms. The molecular weight excluding hydrogens is 248 g/mol. The smallest absolute Gasteiger partial charge is 0.251 e. The van der Waals surface area contributed by atoms with Crippen molar-refractivity contribution >= 4 is 16.8 Å². The van der Waals surface area contributed by atoms with Crippen molar-refractivity contribution in [1.29, 1.82) is 0 Å². The second kappa shape index (κ2) is 4.97. The van der Waals surface area contributed by atoms with Crippen LogP contribution < -0.4 is 5.73 Å². The minimum Gasteiger partial charge on any atom is -0.366 e. The quantitative estimate of drug-likeness (QED) is 0.913. The van der Waals surface area contributed by atoms with E-state index in [-0.39, 0.29) is 5.91 Å². The van der Waals surface area contributed by atoms with Gasteiger partial charge >= 0.3 is 0 Å². The number of fused-ring (bicyclic) bond motifs is 1. The van der Waals surface area contributed by atoms with Crippen molar-refractivity contribution in [2.45, 2.75) is 39.0 Å². The van der Waals surface area contributed by atoms with Crippen molar-refractivity contribution in [3.8, 4) is 0 Å². The molecule has 1 aliphatic carbocycles. The van der Waals surface area contributed by atoms with Crippen LogP contribution in [0, 0.1) is 12.8 Å². The first-order valence-electron chi connectivity index (χ1n) is 7.46. The molecule has 0 atom stereocenters. The summed E-state index contributed by atoms with van der Waals surface area (Å²) in [4.78, 5) is 12.0. The third-order valence-corrected chi connectivity index (χ3v) is 4.76. The number of rotatable bonds is 3. The molecule has 3 rings (SSSR count). The molecule has 1 amide bonds. The minimum absolute atomic E-state index is 0.294. The highest BCUT2D eigenvalue weighted by atomic mass is 16.1. The normalized spacial score (nSPS) is 16.1. The van der Waals surface area contributed by atoms with Crippen LogP contribution in [0.2, 0.25) is 0 Å². The summed E-state index contributed by atoms with van der Waals surface area (Å²) < 4.78 is 2.17. The van der Waals surface area contributed by atoms with Crippen molar-refractivity contribution in [1.82, 2.24) is 4.57 Å². The van der Waals surface area contributed by atoms with Crippen LogP contribution in [0.1, 0.15) is 47.3 Å². The van der Waals surface area contributed by atoms with Gasteiger partial charge in [-0.2, -0.15) is 0 Å². The summed E-state index contributed by atoms with van der Waals surface area (Å²) in [5.74, 6) is 0.411. The number of amides is 1. The summed E-state index contributed by atoms with van der Waals surface area (Å²) in [5, 5.41) is 1.04. The van der Waals surface area contributed by atoms with Crippen LogP contribution in [0.4, 0.5) is 0 Å². The van der Waals surface area contributed by atoms with Crippen molar-refractivity contribution in [3.63, 3.8) is 0 Å². The predicted molar refractivity (Wildman–Crippen MR) is 81.8 cm³/mol. The molecule has 1 saturated carbocycles. The fraction of sp³-hybridized carbons (Fsp3) is 0.471. The van der Waals surface area contributed by atoms with E-state index in [1.807, 2.05) is 19.1 Å². The van der Waals surface area contributed by atoms with Gasteiger partial charge in [0.05, 0.1) is 5.56 Å². The molecule has 1 aromatic heterocycles. The van der Waals surface area contributed by atoms with Gasteiger partial charge in [-0.25, -0.2) is 0 Å². The second-order valence-corrected chi connectivity index (χ2v) is 6.07. The number of carbonyl (C=O) groups is 1. The van der Waals surface area contributed by atoms with Crippen LogP contribution in [0.3, 0.4) is 0 Å². The number of carbonyl (C=O) groups excluding carboxylic acids is 1. The van der Waals surface area contributed by atoms with Gasteiger partial charge in [0.2, 0.25) is 0 Å². The zero-order chi connectivity index (χ0) is 14.3. The lowest BCUT2D eigenvalue weighted by molar-refractivity contribution is 0.100. The molecule has 0 aliphatic heterocycles. The number of aryl methyl sites for hydroxylation is 2. The van der Waals surface area contributed by atoms with Crippen molar-refractivity contribution in [2.75, 3.05) is 0 Å². The predicted octanol–water partition coefficient (Wildman–Crippen LogP) is 3.32. The first kappa shape index (κ1) is 13.2. The molecule has 2 N–H and O–H groups in total. The van der Waals surface area contributed by atoms with Gasteiger partial charge in [0.15, 0.2) is 0 Å². The molecule has 0 bridgehead atoms. The Labute approximate surface area is 119 Å². The zero-order valence-electron chi connectivity index (χ0n) is 12.3. The summed E-state index contributed by atoms with van der Waals surface area (Å²) in [5.41, 5.74) is 9.79. The van der Waals surface area contributed by atoms with Crippen molar-refractivity contribution in [3.05, 3.63) is 35.0 Å². The van der Waals surface area contributed by atoms with E-state index in [4.69, 9.17) is 5.73 Å². The summed E-state index contributed by atoms with van der Waals surface area (Å²) in [6.07, 6.45) is 6.17. The monoisotopic (exact) mass is 270 g/mol. The van der Waals surface area contributed by atoms with Gasteiger partial charge in [0.1, 0.15) is 0 Å². The Morgan fingerprint density at radius 2 is 2.05 bits per heavy atom. The topological polar surface area (TPSA) is 48.0 Å². The lowest BCUT2D eigenvalue weighted by Gasteiger charge is -2.11. The lowest BCUT2D eigenvalue weighted by atomic mass is 9.97. The Morgan fingerprint density at radius 1 is 1.35 bits per heavy atom. The van der Waals surface area contributed by atoms with Gasteiger partial charge in [-0.3, -0.25) is 4.79 Å². The standard InChI is InChI=1S/C17H22N2O/c1-11-6-5-9-13-15(11)16(17(18)20)14(19(13)2)10-12-7-3-4-8-12/h5-6,9,12H,3-4,7-8,10H2,1-2H3,(H2,18,20). The summed E-state index contributed by atoms with van der Waals surface area (Å²) in [6, 6.07) is 6.17. The number of benzene rings is 1. The SMILES string of the molecule is Cc1cccc2c1c(C(N)=O)c(CC1CCCC1)n2C. The third-order valence-electron chi connectivity index (χ3n) is 4.76. The van der Waals surface area contributed by atoms with Gasteiger partial charge in [-0.15, -0.1) is 0 Å². The van der Waals surface area contributed by atoms with E-state index in [0.29, 0.717) is 5.92 Å². The number of nitrogens with two attached hydrogens (primary N) is 1. The van der Waals surface area contributed by atoms with Gasteiger partial charge in [-0.05, 0) is 30.9 Å². The van der Waals surface area contributed by atoms with E-state index in [0.717, 1.165) is 34.1 Å². The summed E-state index contributed by atoms with van der Waals surface area (Å²) in [6.45, 7) is 2.05. The lowest BCUT2D eigenvalue weighted by Crippen LogP contribution is -2.16. The van der Waals surface area contributed by atoms with Crippen LogP contribution in [0.25, 0.3) is 10.9 Å². The van der Waals surface area contributed by atoms with Gasteiger partial charge in [0, 0.05) is 23.6 Å². The van der Waals surface area contributed by atoms with Crippen LogP contribution in [-0.2, 0) is 13.5 Å². The fourth-order valence-electron chi connectivity index (χ4n) is 3.71. The van der Waals surface area contributed by atoms with E-state index in [2.05, 4.69) is 17.7 Å². The molecule has 20 heavy (non-hydrogen) atoms. The first-order valence-corrected chi connectivity index (χ1v) is 7.46. The molecular formula is C17H22N2O. The summed E-state index contributed by atoms with van der Waals surface area (Å²) >= 11 is 0. The molecule has 0 spiro atoms. The Bertz CT molecular complexity index is 663. The number of hydrogen-bond acceptors (Lipinski definition) is 1. The highest BCUT2D eigenvalue weighted by molar-refractivity contribution is 6.09. The van der Waals surface area contributed by atoms with Crippen LogP contribution in [0.15, 0.2) is 18.2 Å². The molecule has 1 aromatic carbocycles. The molecule has 0 saturated heterocycles. The van der Waals surface area contributed by atoms with Crippen LogP contribution in [0.5, 0.6) is 0 Å². The van der Waals surface area contributed by atoms with Gasteiger partial charge in [-0.1, -0.05) is 37.8 Å². The number of primary amides is 1. The second-order valence-electron chi connectivity index (χ2n) is 6.07. The van der Waals surface area contributed by atoms with Crippen molar-refractivity contribution < 1.29 is 4.79 Å². The maximum atomic E-state index is 12.0. The number of nitrogens with zero attached hydrogens (tertiary/aromatic N) is 1. The van der Waals surface area contributed by atoms with Gasteiger partial charge < -0.3 is 10.3 Å². The van der Waals surface area contributed by atoms with E-state index in [9.17, 15) is 4.79 Å². The third kappa shape index (κ3) is 2.01. The zero-order valence-corrected chi connectivity index (χ0v) is 12.3. The Morgan fingerprint density at radius 3 is 2.70 bits per heavy atom. The van der Waals surface area contributed by atoms with Gasteiger partial charge in [0.25, 0.3) is 5.91 Å². The molecule has 3 nitrogen and oxygen atoms in total. The van der Waals surface area contributed by atoms with E-state index < -0.39 is 0 Å². The molecule has 1 aliphatic rings. The molecule has 1 heterocycles. The largest absolute Gasteiger partial charge is 0.366 e. The Hall–Kier alpha value is -1.77. The number of aromatic nitrogens is 1. The number of hydrogen-bond donors (Lipinski definition) is 1. The molecule has 0 unspecified atom stereocenters. The molecule has 106 valence electrons. The Balaban J connectivity index is 2.18. The Kier molecular flexibility index (Phi) is 3.28. The van der Waals surface area contributed by atoms with E-state index >= 15 is 0 Å². The maximum absolute atomic E-state index is 12.0. The summed E-state index contributed by atoms with van der Waals surface area (Å²) in [7, 11) is 2.05. The van der Waals surface area contributed by atoms with E-state index in [1.165, 1.54) is 25.7 Å². The highest BCUT2D eigenvalue weighted by Crippen LogP contribution is 2.33.